The van der Waals surface area contributed by atoms with Gasteiger partial charge in [0.05, 0.1) is 41.2 Å². The van der Waals surface area contributed by atoms with E-state index in [4.69, 9.17) is 21.7 Å². The first-order chi connectivity index (χ1) is 17.6. The lowest BCUT2D eigenvalue weighted by Gasteiger charge is -2.35. The third-order valence-electron chi connectivity index (χ3n) is 6.91. The van der Waals surface area contributed by atoms with Gasteiger partial charge >= 0.3 is 0 Å². The molecule has 3 aromatic rings. The molecule has 4 heterocycles. The van der Waals surface area contributed by atoms with Crippen molar-refractivity contribution in [3.63, 3.8) is 0 Å². The highest BCUT2D eigenvalue weighted by Gasteiger charge is 2.32. The Kier molecular flexibility index (Phi) is 6.72. The maximum absolute atomic E-state index is 13.7. The molecule has 0 spiro atoms. The zero-order chi connectivity index (χ0) is 26.3. The fraction of sp³-hybridized carbons (Fsp3) is 0.440. The number of benzene rings is 1. The molecule has 2 atom stereocenters. The van der Waals surface area contributed by atoms with Gasteiger partial charge < -0.3 is 9.80 Å². The lowest BCUT2D eigenvalue weighted by molar-refractivity contribution is 0.0607. The maximum Gasteiger partial charge on any atom is 0.256 e. The number of nitrogens with one attached hydrogen (secondary N) is 1. The average molecular weight is 542 g/mol. The van der Waals surface area contributed by atoms with Gasteiger partial charge in [0.15, 0.2) is 5.65 Å². The van der Waals surface area contributed by atoms with Crippen LogP contribution in [-0.2, 0) is 10.0 Å². The molecule has 10 nitrogen and oxygen atoms in total. The summed E-state index contributed by atoms with van der Waals surface area (Å²) in [6.07, 6.45) is 6.30. The number of amides is 1. The first-order valence-corrected chi connectivity index (χ1v) is 14.5. The number of rotatable bonds is 5. The van der Waals surface area contributed by atoms with E-state index >= 15 is 0 Å². The lowest BCUT2D eigenvalue weighted by atomic mass is 9.98. The van der Waals surface area contributed by atoms with Gasteiger partial charge in [0.25, 0.3) is 5.91 Å². The normalized spacial score (nSPS) is 20.3. The van der Waals surface area contributed by atoms with E-state index < -0.39 is 10.0 Å². The smallest absolute Gasteiger partial charge is 0.256 e. The van der Waals surface area contributed by atoms with Gasteiger partial charge in [0, 0.05) is 42.5 Å². The van der Waals surface area contributed by atoms with Gasteiger partial charge in [0.1, 0.15) is 5.82 Å². The Hall–Kier alpha value is -3.36. The van der Waals surface area contributed by atoms with E-state index in [-0.39, 0.29) is 29.1 Å². The predicted molar refractivity (Wildman–Crippen MR) is 141 cm³/mol. The molecule has 2 saturated heterocycles. The molecule has 37 heavy (non-hydrogen) atoms. The number of fused-ring (bicyclic) bond motifs is 1. The fourth-order valence-electron chi connectivity index (χ4n) is 5.18. The number of nitriles is 1. The van der Waals surface area contributed by atoms with Gasteiger partial charge in [-0.05, 0) is 50.8 Å². The Balaban J connectivity index is 1.48. The third kappa shape index (κ3) is 5.22. The quantitative estimate of drug-likeness (QED) is 0.521. The first-order valence-electron chi connectivity index (χ1n) is 12.2. The number of aromatic nitrogens is 3. The van der Waals surface area contributed by atoms with Crippen molar-refractivity contribution in [3.05, 3.63) is 52.3 Å². The molecule has 5 rings (SSSR count). The van der Waals surface area contributed by atoms with Crippen molar-refractivity contribution in [2.24, 2.45) is 5.92 Å². The molecule has 2 fully saturated rings. The van der Waals surface area contributed by atoms with Gasteiger partial charge in [-0.25, -0.2) is 17.9 Å². The van der Waals surface area contributed by atoms with Crippen LogP contribution in [0.25, 0.3) is 5.65 Å². The number of anilines is 2. The van der Waals surface area contributed by atoms with Gasteiger partial charge in [-0.1, -0.05) is 11.6 Å². The van der Waals surface area contributed by atoms with Gasteiger partial charge in [-0.15, -0.1) is 0 Å². The Bertz CT molecular complexity index is 1510. The first kappa shape index (κ1) is 25.3. The molecule has 0 bridgehead atoms. The Morgan fingerprint density at radius 2 is 2.03 bits per heavy atom. The summed E-state index contributed by atoms with van der Waals surface area (Å²) in [6.45, 7) is 3.95. The van der Waals surface area contributed by atoms with Crippen molar-refractivity contribution in [2.75, 3.05) is 35.5 Å². The van der Waals surface area contributed by atoms with E-state index in [1.54, 1.807) is 15.5 Å². The molecular weight excluding hydrogens is 514 g/mol. The van der Waals surface area contributed by atoms with E-state index in [9.17, 15) is 18.5 Å². The summed E-state index contributed by atoms with van der Waals surface area (Å²) in [6, 6.07) is 8.51. The number of likely N-dealkylation sites (tertiary alicyclic amines) is 1. The number of nitrogens with zero attached hydrogens (tertiary/aromatic N) is 6. The topological polar surface area (TPSA) is 124 Å². The molecule has 0 saturated carbocycles. The number of halogens is 1. The van der Waals surface area contributed by atoms with Crippen LogP contribution in [0.4, 0.5) is 11.5 Å². The van der Waals surface area contributed by atoms with Gasteiger partial charge in [-0.3, -0.25) is 9.52 Å². The van der Waals surface area contributed by atoms with Crippen molar-refractivity contribution < 1.29 is 13.2 Å². The Labute approximate surface area is 220 Å². The molecular formula is C25H28ClN7O3S. The summed E-state index contributed by atoms with van der Waals surface area (Å²) < 4.78 is 28.0. The number of carbonyl (C=O) groups is 1. The average Bonchev–Trinajstić information content (AvgIpc) is 3.50. The molecule has 2 aromatic heterocycles. The number of sulfonamides is 1. The van der Waals surface area contributed by atoms with Crippen LogP contribution in [0.5, 0.6) is 0 Å². The summed E-state index contributed by atoms with van der Waals surface area (Å²) in [7, 11) is -3.59. The van der Waals surface area contributed by atoms with E-state index in [1.165, 1.54) is 12.1 Å². The number of hydrogen-bond donors (Lipinski definition) is 1. The van der Waals surface area contributed by atoms with Crippen molar-refractivity contribution in [2.45, 2.75) is 38.6 Å². The number of aryl methyl sites for hydroxylation is 1. The van der Waals surface area contributed by atoms with Crippen molar-refractivity contribution in [3.8, 4) is 6.07 Å². The molecule has 1 N–H and O–H groups in total. The van der Waals surface area contributed by atoms with Gasteiger partial charge in [-0.2, -0.15) is 10.4 Å². The third-order valence-corrected chi connectivity index (χ3v) is 7.73. The highest BCUT2D eigenvalue weighted by Crippen LogP contribution is 2.34. The van der Waals surface area contributed by atoms with E-state index in [1.807, 2.05) is 19.2 Å². The SMILES string of the molecule is Cc1cn2nc([C@@H]3CCCCN3C(=O)c3cc(Cl)ccc3NS(C)(=O)=O)cc2nc1N1CCC(C#N)C1. The van der Waals surface area contributed by atoms with Crippen LogP contribution in [0.15, 0.2) is 30.5 Å². The molecule has 0 aliphatic carbocycles. The molecule has 1 unspecified atom stereocenters. The molecule has 12 heteroatoms. The van der Waals surface area contributed by atoms with E-state index in [0.717, 1.165) is 55.6 Å². The minimum absolute atomic E-state index is 0.00766. The zero-order valence-electron chi connectivity index (χ0n) is 20.7. The van der Waals surface area contributed by atoms with Crippen LogP contribution >= 0.6 is 11.6 Å². The van der Waals surface area contributed by atoms with Crippen LogP contribution in [-0.4, -0.2) is 59.7 Å². The second kappa shape index (κ2) is 9.84. The summed E-state index contributed by atoms with van der Waals surface area (Å²) in [5.41, 5.74) is 2.77. The largest absolute Gasteiger partial charge is 0.355 e. The van der Waals surface area contributed by atoms with Crippen molar-refractivity contribution in [1.29, 1.82) is 5.26 Å². The van der Waals surface area contributed by atoms with Crippen LogP contribution in [0.2, 0.25) is 5.02 Å². The molecule has 2 aliphatic rings. The van der Waals surface area contributed by atoms with Crippen LogP contribution < -0.4 is 9.62 Å². The minimum atomic E-state index is -3.59. The summed E-state index contributed by atoms with van der Waals surface area (Å²) >= 11 is 6.19. The molecule has 1 amide bonds. The standard InChI is InChI=1S/C25H28ClN7O3S/c1-16-14-33-23(28-24(16)31-10-8-17(13-27)15-31)12-21(29-33)22-5-3-4-9-32(22)25(34)19-11-18(26)6-7-20(19)30-37(2,35)36/h6-7,11-12,14,17,22,30H,3-5,8-10,15H2,1-2H3/t17?,22-/m0/s1. The van der Waals surface area contributed by atoms with E-state index in [2.05, 4.69) is 15.7 Å². The highest BCUT2D eigenvalue weighted by molar-refractivity contribution is 7.92. The number of carbonyl (C=O) groups excluding carboxylic acids is 1. The zero-order valence-corrected chi connectivity index (χ0v) is 22.3. The second-order valence-corrected chi connectivity index (χ2v) is 11.9. The minimum Gasteiger partial charge on any atom is -0.355 e. The number of piperidine rings is 1. The molecule has 0 radical (unpaired) electrons. The van der Waals surface area contributed by atoms with Crippen LogP contribution in [0.1, 0.15) is 53.3 Å². The van der Waals surface area contributed by atoms with Crippen molar-refractivity contribution >= 4 is 44.7 Å². The monoisotopic (exact) mass is 541 g/mol. The Morgan fingerprint density at radius 1 is 1.22 bits per heavy atom. The van der Waals surface area contributed by atoms with E-state index in [0.29, 0.717) is 23.8 Å². The maximum atomic E-state index is 13.7. The fourth-order valence-corrected chi connectivity index (χ4v) is 5.93. The second-order valence-electron chi connectivity index (χ2n) is 9.75. The predicted octanol–water partition coefficient (Wildman–Crippen LogP) is 3.78. The highest BCUT2D eigenvalue weighted by atomic mass is 35.5. The van der Waals surface area contributed by atoms with Crippen LogP contribution in [0, 0.1) is 24.2 Å². The number of hydrogen-bond acceptors (Lipinski definition) is 7. The summed E-state index contributed by atoms with van der Waals surface area (Å²) in [5, 5.41) is 14.4. The molecule has 194 valence electrons. The summed E-state index contributed by atoms with van der Waals surface area (Å²) in [5.74, 6) is 0.553. The van der Waals surface area contributed by atoms with Gasteiger partial charge in [0.2, 0.25) is 10.0 Å². The summed E-state index contributed by atoms with van der Waals surface area (Å²) in [4.78, 5) is 22.5. The molecule has 2 aliphatic heterocycles. The lowest BCUT2D eigenvalue weighted by Crippen LogP contribution is -2.39. The Morgan fingerprint density at radius 3 is 2.76 bits per heavy atom. The van der Waals surface area contributed by atoms with Crippen LogP contribution in [0.3, 0.4) is 0 Å². The molecule has 1 aromatic carbocycles. The van der Waals surface area contributed by atoms with Crippen molar-refractivity contribution in [1.82, 2.24) is 19.5 Å².